The number of amides is 1. The molecule has 0 spiro atoms. The molecule has 0 bridgehead atoms. The van der Waals surface area contributed by atoms with Crippen LogP contribution in [0.15, 0.2) is 47.4 Å². The van der Waals surface area contributed by atoms with Crippen LogP contribution in [0.5, 0.6) is 0 Å². The molecule has 1 amide bonds. The summed E-state index contributed by atoms with van der Waals surface area (Å²) in [6, 6.07) is 12.6. The third kappa shape index (κ3) is 3.92. The van der Waals surface area contributed by atoms with Crippen molar-refractivity contribution in [3.63, 3.8) is 0 Å². The maximum atomic E-state index is 13.2. The van der Waals surface area contributed by atoms with Gasteiger partial charge in [-0.25, -0.2) is 13.6 Å². The zero-order valence-electron chi connectivity index (χ0n) is 16.2. The summed E-state index contributed by atoms with van der Waals surface area (Å²) < 4.78 is 23.3. The van der Waals surface area contributed by atoms with Crippen molar-refractivity contribution in [2.75, 3.05) is 18.0 Å². The minimum Gasteiger partial charge on any atom is -0.308 e. The summed E-state index contributed by atoms with van der Waals surface area (Å²) >= 11 is 6.39. The lowest BCUT2D eigenvalue weighted by atomic mass is 10.0. The number of hydrogen-bond acceptors (Lipinski definition) is 4. The van der Waals surface area contributed by atoms with E-state index in [0.717, 1.165) is 41.2 Å². The number of fused-ring (bicyclic) bond motifs is 1. The molecule has 2 heterocycles. The fourth-order valence-corrected chi connectivity index (χ4v) is 5.35. The van der Waals surface area contributed by atoms with Gasteiger partial charge in [0.05, 0.1) is 11.4 Å². The average molecular weight is 434 g/mol. The van der Waals surface area contributed by atoms with Crippen molar-refractivity contribution >= 4 is 33.2 Å². The Bertz CT molecular complexity index is 1060. The maximum absolute atomic E-state index is 13.2. The van der Waals surface area contributed by atoms with E-state index in [1.165, 1.54) is 6.07 Å². The highest BCUT2D eigenvalue weighted by atomic mass is 35.5. The molecule has 6 nitrogen and oxygen atoms in total. The third-order valence-electron chi connectivity index (χ3n) is 5.83. The van der Waals surface area contributed by atoms with Gasteiger partial charge in [-0.1, -0.05) is 29.8 Å². The molecule has 29 heavy (non-hydrogen) atoms. The van der Waals surface area contributed by atoms with E-state index in [-0.39, 0.29) is 22.9 Å². The smallest absolute Gasteiger partial charge is 0.241 e. The number of carbonyl (C=O) groups excluding carboxylic acids is 1. The van der Waals surface area contributed by atoms with Crippen molar-refractivity contribution in [2.45, 2.75) is 43.2 Å². The van der Waals surface area contributed by atoms with Gasteiger partial charge < -0.3 is 4.90 Å². The van der Waals surface area contributed by atoms with Gasteiger partial charge in [-0.15, -0.1) is 0 Å². The topological polar surface area (TPSA) is 83.7 Å². The standard InChI is InChI=1S/C21H24ClN3O3S/c1-14-11-15-12-16(29(23,27)28)8-9-19(15)25(14)21(26)13-24-10-4-7-20(24)17-5-2-3-6-18(17)22/h2-3,5-6,8-9,12,14,20H,4,7,10-11,13H2,1H3,(H2,23,27,28). The largest absolute Gasteiger partial charge is 0.308 e. The van der Waals surface area contributed by atoms with Gasteiger partial charge in [-0.2, -0.15) is 0 Å². The Morgan fingerprint density at radius 1 is 1.24 bits per heavy atom. The van der Waals surface area contributed by atoms with Gasteiger partial charge in [-0.3, -0.25) is 9.69 Å². The number of primary sulfonamides is 1. The highest BCUT2D eigenvalue weighted by Crippen LogP contribution is 2.37. The number of nitrogens with zero attached hydrogens (tertiary/aromatic N) is 2. The lowest BCUT2D eigenvalue weighted by molar-refractivity contribution is -0.120. The normalized spacial score (nSPS) is 22.1. The molecule has 0 aromatic heterocycles. The van der Waals surface area contributed by atoms with Crippen molar-refractivity contribution in [1.29, 1.82) is 0 Å². The van der Waals surface area contributed by atoms with Crippen LogP contribution in [0.1, 0.15) is 36.9 Å². The number of benzene rings is 2. The fraction of sp³-hybridized carbons (Fsp3) is 0.381. The van der Waals surface area contributed by atoms with Gasteiger partial charge in [0.2, 0.25) is 15.9 Å². The molecule has 2 aromatic carbocycles. The molecule has 2 N–H and O–H groups in total. The molecule has 1 fully saturated rings. The summed E-state index contributed by atoms with van der Waals surface area (Å²) in [6.07, 6.45) is 2.60. The molecule has 8 heteroatoms. The fourth-order valence-electron chi connectivity index (χ4n) is 4.53. The van der Waals surface area contributed by atoms with Crippen LogP contribution in [0.2, 0.25) is 5.02 Å². The Morgan fingerprint density at radius 2 is 2.00 bits per heavy atom. The molecule has 0 aliphatic carbocycles. The molecule has 2 aromatic rings. The Balaban J connectivity index is 1.56. The van der Waals surface area contributed by atoms with Crippen molar-refractivity contribution in [1.82, 2.24) is 4.90 Å². The Morgan fingerprint density at radius 3 is 2.72 bits per heavy atom. The van der Waals surface area contributed by atoms with E-state index in [0.29, 0.717) is 13.0 Å². The van der Waals surface area contributed by atoms with Gasteiger partial charge >= 0.3 is 0 Å². The second-order valence-corrected chi connectivity index (χ2v) is 9.77. The van der Waals surface area contributed by atoms with Crippen LogP contribution in [0.4, 0.5) is 5.69 Å². The highest BCUT2D eigenvalue weighted by Gasteiger charge is 2.35. The van der Waals surface area contributed by atoms with Gasteiger partial charge in [-0.05, 0) is 68.1 Å². The number of likely N-dealkylation sites (tertiary alicyclic amines) is 1. The summed E-state index contributed by atoms with van der Waals surface area (Å²) in [5.41, 5.74) is 2.66. The molecule has 2 aliphatic heterocycles. The molecule has 4 rings (SSSR count). The molecule has 0 saturated carbocycles. The molecule has 154 valence electrons. The molecule has 2 atom stereocenters. The molecule has 2 unspecified atom stereocenters. The number of anilines is 1. The van der Waals surface area contributed by atoms with E-state index in [1.54, 1.807) is 17.0 Å². The summed E-state index contributed by atoms with van der Waals surface area (Å²) in [5, 5.41) is 5.97. The molecular formula is C21H24ClN3O3S. The van der Waals surface area contributed by atoms with Gasteiger partial charge in [0.25, 0.3) is 0 Å². The van der Waals surface area contributed by atoms with Crippen LogP contribution < -0.4 is 10.0 Å². The number of sulfonamides is 1. The Hall–Kier alpha value is -1.93. The Labute approximate surface area is 176 Å². The second kappa shape index (κ2) is 7.72. The van der Waals surface area contributed by atoms with Crippen LogP contribution in [-0.4, -0.2) is 38.4 Å². The number of carbonyl (C=O) groups is 1. The molecule has 1 saturated heterocycles. The van der Waals surface area contributed by atoms with Gasteiger partial charge in [0.1, 0.15) is 0 Å². The van der Waals surface area contributed by atoms with E-state index >= 15 is 0 Å². The molecule has 2 aliphatic rings. The van der Waals surface area contributed by atoms with Crippen molar-refractivity contribution in [3.8, 4) is 0 Å². The van der Waals surface area contributed by atoms with Crippen molar-refractivity contribution < 1.29 is 13.2 Å². The first-order valence-electron chi connectivity index (χ1n) is 9.72. The predicted molar refractivity (Wildman–Crippen MR) is 113 cm³/mol. The van der Waals surface area contributed by atoms with E-state index in [4.69, 9.17) is 16.7 Å². The minimum absolute atomic E-state index is 0.0126. The van der Waals surface area contributed by atoms with Crippen LogP contribution >= 0.6 is 11.6 Å². The summed E-state index contributed by atoms with van der Waals surface area (Å²) in [7, 11) is -3.76. The van der Waals surface area contributed by atoms with Crippen LogP contribution in [-0.2, 0) is 21.2 Å². The first-order valence-corrected chi connectivity index (χ1v) is 11.6. The number of rotatable bonds is 4. The van der Waals surface area contributed by atoms with E-state index in [9.17, 15) is 13.2 Å². The maximum Gasteiger partial charge on any atom is 0.241 e. The zero-order valence-corrected chi connectivity index (χ0v) is 17.8. The number of hydrogen-bond donors (Lipinski definition) is 1. The zero-order chi connectivity index (χ0) is 20.8. The van der Waals surface area contributed by atoms with Gasteiger partial charge in [0, 0.05) is 22.8 Å². The molecular weight excluding hydrogens is 410 g/mol. The minimum atomic E-state index is -3.76. The third-order valence-corrected chi connectivity index (χ3v) is 7.09. The van der Waals surface area contributed by atoms with Crippen molar-refractivity contribution in [2.24, 2.45) is 5.14 Å². The predicted octanol–water partition coefficient (Wildman–Crippen LogP) is 3.10. The van der Waals surface area contributed by atoms with Crippen LogP contribution in [0.25, 0.3) is 0 Å². The summed E-state index contributed by atoms with van der Waals surface area (Å²) in [5.74, 6) is 0.0126. The first kappa shape index (κ1) is 20.3. The lowest BCUT2D eigenvalue weighted by Crippen LogP contribution is -2.43. The summed E-state index contributed by atoms with van der Waals surface area (Å²) in [6.45, 7) is 3.13. The van der Waals surface area contributed by atoms with E-state index in [2.05, 4.69) is 4.90 Å². The van der Waals surface area contributed by atoms with Crippen LogP contribution in [0.3, 0.4) is 0 Å². The monoisotopic (exact) mass is 433 g/mol. The lowest BCUT2D eigenvalue weighted by Gasteiger charge is -2.29. The first-order chi connectivity index (χ1) is 13.8. The number of nitrogens with two attached hydrogens (primary N) is 1. The average Bonchev–Trinajstić information content (AvgIpc) is 3.23. The highest BCUT2D eigenvalue weighted by molar-refractivity contribution is 7.89. The second-order valence-electron chi connectivity index (χ2n) is 7.80. The number of halogens is 1. The Kier molecular flexibility index (Phi) is 5.42. The van der Waals surface area contributed by atoms with Gasteiger partial charge in [0.15, 0.2) is 0 Å². The SMILES string of the molecule is CC1Cc2cc(S(N)(=O)=O)ccc2N1C(=O)CN1CCCC1c1ccccc1Cl. The van der Waals surface area contributed by atoms with E-state index < -0.39 is 10.0 Å². The summed E-state index contributed by atoms with van der Waals surface area (Å²) in [4.78, 5) is 17.3. The quantitative estimate of drug-likeness (QED) is 0.802. The van der Waals surface area contributed by atoms with Crippen molar-refractivity contribution in [3.05, 3.63) is 58.6 Å². The molecule has 0 radical (unpaired) electrons. The van der Waals surface area contributed by atoms with E-state index in [1.807, 2.05) is 31.2 Å². The van der Waals surface area contributed by atoms with Crippen LogP contribution in [0, 0.1) is 0 Å².